The third-order valence-electron chi connectivity index (χ3n) is 4.16. The van der Waals surface area contributed by atoms with E-state index in [4.69, 9.17) is 9.47 Å². The predicted molar refractivity (Wildman–Crippen MR) is 90.9 cm³/mol. The van der Waals surface area contributed by atoms with Crippen LogP contribution in [-0.2, 0) is 0 Å². The van der Waals surface area contributed by atoms with E-state index in [1.165, 1.54) is 5.57 Å². The Hall–Kier alpha value is -1.52. The Labute approximate surface area is 134 Å². The summed E-state index contributed by atoms with van der Waals surface area (Å²) in [6.07, 6.45) is 0.912. The molecule has 4 heteroatoms. The lowest BCUT2D eigenvalue weighted by Gasteiger charge is -2.36. The van der Waals surface area contributed by atoms with Crippen LogP contribution in [0, 0.1) is 6.92 Å². The summed E-state index contributed by atoms with van der Waals surface area (Å²) in [5.74, 6) is 1.81. The molecule has 1 aliphatic heterocycles. The van der Waals surface area contributed by atoms with Gasteiger partial charge in [-0.2, -0.15) is 0 Å². The first-order valence-corrected chi connectivity index (χ1v) is 7.88. The topological polar surface area (TPSA) is 33.7 Å². The second kappa shape index (κ2) is 7.65. The van der Waals surface area contributed by atoms with Gasteiger partial charge in [0.25, 0.3) is 0 Å². The molecule has 22 heavy (non-hydrogen) atoms. The highest BCUT2D eigenvalue weighted by atomic mass is 16.5. The molecule has 1 aromatic carbocycles. The number of ether oxygens (including phenoxy) is 2. The van der Waals surface area contributed by atoms with Crippen molar-refractivity contribution in [2.45, 2.75) is 26.3 Å². The summed E-state index contributed by atoms with van der Waals surface area (Å²) in [5.41, 5.74) is 3.46. The number of aryl methyl sites for hydroxylation is 1. The number of nitrogens with one attached hydrogen (secondary N) is 1. The van der Waals surface area contributed by atoms with Gasteiger partial charge in [0.1, 0.15) is 11.5 Å². The van der Waals surface area contributed by atoms with E-state index in [2.05, 4.69) is 42.8 Å². The zero-order chi connectivity index (χ0) is 16.1. The Kier molecular flexibility index (Phi) is 5.86. The Bertz CT molecular complexity index is 497. The van der Waals surface area contributed by atoms with Crippen LogP contribution < -0.4 is 14.8 Å². The first kappa shape index (κ1) is 16.8. The van der Waals surface area contributed by atoms with E-state index < -0.39 is 0 Å². The van der Waals surface area contributed by atoms with Crippen LogP contribution in [0.15, 0.2) is 24.3 Å². The summed E-state index contributed by atoms with van der Waals surface area (Å²) >= 11 is 0. The zero-order valence-electron chi connectivity index (χ0n) is 14.2. The Morgan fingerprint density at radius 3 is 2.23 bits per heavy atom. The molecule has 1 aliphatic rings. The van der Waals surface area contributed by atoms with Crippen LogP contribution in [0.4, 0.5) is 0 Å². The lowest BCUT2D eigenvalue weighted by molar-refractivity contribution is 0.166. The molecular formula is C18H28N2O2. The van der Waals surface area contributed by atoms with Gasteiger partial charge in [0.05, 0.1) is 19.8 Å². The molecule has 2 rings (SSSR count). The largest absolute Gasteiger partial charge is 0.496 e. The molecule has 1 fully saturated rings. The molecule has 1 N–H and O–H groups in total. The van der Waals surface area contributed by atoms with Gasteiger partial charge in [-0.1, -0.05) is 5.57 Å². The highest BCUT2D eigenvalue weighted by Gasteiger charge is 2.28. The highest BCUT2D eigenvalue weighted by molar-refractivity contribution is 5.50. The third kappa shape index (κ3) is 3.81. The lowest BCUT2D eigenvalue weighted by atomic mass is 9.95. The van der Waals surface area contributed by atoms with Gasteiger partial charge in [0.15, 0.2) is 0 Å². The summed E-state index contributed by atoms with van der Waals surface area (Å²) in [5, 5.41) is 3.41. The van der Waals surface area contributed by atoms with Crippen molar-refractivity contribution in [3.8, 4) is 11.5 Å². The van der Waals surface area contributed by atoms with E-state index in [0.29, 0.717) is 0 Å². The molecule has 0 saturated carbocycles. The third-order valence-corrected chi connectivity index (χ3v) is 4.16. The van der Waals surface area contributed by atoms with Gasteiger partial charge in [-0.25, -0.2) is 0 Å². The number of nitrogens with zero attached hydrogens (tertiary/aromatic N) is 1. The minimum Gasteiger partial charge on any atom is -0.496 e. The average molecular weight is 304 g/mol. The first-order valence-electron chi connectivity index (χ1n) is 7.88. The molecule has 0 radical (unpaired) electrons. The molecule has 1 saturated heterocycles. The van der Waals surface area contributed by atoms with E-state index in [1.54, 1.807) is 14.2 Å². The first-order chi connectivity index (χ1) is 10.6. The van der Waals surface area contributed by atoms with Gasteiger partial charge < -0.3 is 14.8 Å². The summed E-state index contributed by atoms with van der Waals surface area (Å²) < 4.78 is 11.3. The van der Waals surface area contributed by atoms with E-state index in [1.807, 2.05) is 0 Å². The van der Waals surface area contributed by atoms with Gasteiger partial charge in [0.2, 0.25) is 0 Å². The maximum absolute atomic E-state index is 5.67. The highest BCUT2D eigenvalue weighted by Crippen LogP contribution is 2.41. The van der Waals surface area contributed by atoms with E-state index in [-0.39, 0.29) is 6.04 Å². The molecule has 0 bridgehead atoms. The number of methoxy groups -OCH3 is 2. The summed E-state index contributed by atoms with van der Waals surface area (Å²) in [7, 11) is 3.46. The van der Waals surface area contributed by atoms with Crippen molar-refractivity contribution in [3.63, 3.8) is 0 Å². The summed E-state index contributed by atoms with van der Waals surface area (Å²) in [6.45, 7) is 12.4. The quantitative estimate of drug-likeness (QED) is 0.819. The van der Waals surface area contributed by atoms with Crippen LogP contribution in [0.25, 0.3) is 0 Å². The van der Waals surface area contributed by atoms with E-state index >= 15 is 0 Å². The number of hydrogen-bond donors (Lipinski definition) is 1. The predicted octanol–water partition coefficient (Wildman–Crippen LogP) is 2.92. The monoisotopic (exact) mass is 304 g/mol. The number of piperazine rings is 1. The van der Waals surface area contributed by atoms with Crippen molar-refractivity contribution in [1.29, 1.82) is 0 Å². The Balaban J connectivity index is 2.47. The fraction of sp³-hybridized carbons (Fsp3) is 0.556. The van der Waals surface area contributed by atoms with E-state index in [9.17, 15) is 0 Å². The van der Waals surface area contributed by atoms with Gasteiger partial charge in [-0.05, 0) is 38.0 Å². The maximum Gasteiger partial charge on any atom is 0.127 e. The molecule has 0 aliphatic carbocycles. The van der Waals surface area contributed by atoms with Crippen LogP contribution in [-0.4, -0.2) is 45.3 Å². The van der Waals surface area contributed by atoms with Gasteiger partial charge >= 0.3 is 0 Å². The van der Waals surface area contributed by atoms with Crippen LogP contribution in [0.2, 0.25) is 0 Å². The van der Waals surface area contributed by atoms with Crippen molar-refractivity contribution in [3.05, 3.63) is 35.4 Å². The van der Waals surface area contributed by atoms with Crippen LogP contribution in [0.3, 0.4) is 0 Å². The fourth-order valence-corrected chi connectivity index (χ4v) is 3.14. The van der Waals surface area contributed by atoms with Crippen molar-refractivity contribution < 1.29 is 9.47 Å². The van der Waals surface area contributed by atoms with Crippen LogP contribution in [0.1, 0.15) is 30.5 Å². The molecular weight excluding hydrogens is 276 g/mol. The van der Waals surface area contributed by atoms with E-state index in [0.717, 1.165) is 55.2 Å². The lowest BCUT2D eigenvalue weighted by Crippen LogP contribution is -2.45. The molecule has 122 valence electrons. The molecule has 0 unspecified atom stereocenters. The fourth-order valence-electron chi connectivity index (χ4n) is 3.14. The number of rotatable bonds is 6. The van der Waals surface area contributed by atoms with Gasteiger partial charge in [-0.15, -0.1) is 6.58 Å². The zero-order valence-corrected chi connectivity index (χ0v) is 14.2. The minimum absolute atomic E-state index is 0.241. The summed E-state index contributed by atoms with van der Waals surface area (Å²) in [4.78, 5) is 2.50. The molecule has 1 atom stereocenters. The van der Waals surface area contributed by atoms with Crippen LogP contribution >= 0.6 is 0 Å². The Morgan fingerprint density at radius 2 is 1.77 bits per heavy atom. The van der Waals surface area contributed by atoms with Crippen molar-refractivity contribution in [1.82, 2.24) is 10.2 Å². The van der Waals surface area contributed by atoms with Crippen molar-refractivity contribution >= 4 is 0 Å². The van der Waals surface area contributed by atoms with Crippen molar-refractivity contribution in [2.24, 2.45) is 0 Å². The van der Waals surface area contributed by atoms with Gasteiger partial charge in [0, 0.05) is 32.2 Å². The standard InChI is InChI=1S/C18H28N2O2/c1-13(2)10-15(20-8-6-19-7-9-20)18-16(21-4)11-14(3)12-17(18)22-5/h11-12,15,19H,1,6-10H2,2-5H3/t15-/m0/s1. The normalized spacial score (nSPS) is 17.1. The summed E-state index contributed by atoms with van der Waals surface area (Å²) in [6, 6.07) is 4.42. The number of hydrogen-bond acceptors (Lipinski definition) is 4. The average Bonchev–Trinajstić information content (AvgIpc) is 2.52. The SMILES string of the molecule is C=C(C)C[C@@H](c1c(OC)cc(C)cc1OC)N1CCNCC1. The smallest absolute Gasteiger partial charge is 0.127 e. The maximum atomic E-state index is 5.67. The second-order valence-corrected chi connectivity index (χ2v) is 6.05. The second-order valence-electron chi connectivity index (χ2n) is 6.05. The Morgan fingerprint density at radius 1 is 1.23 bits per heavy atom. The molecule has 1 aromatic rings. The minimum atomic E-state index is 0.241. The number of benzene rings is 1. The molecule has 0 amide bonds. The molecule has 0 aromatic heterocycles. The molecule has 4 nitrogen and oxygen atoms in total. The van der Waals surface area contributed by atoms with Crippen LogP contribution in [0.5, 0.6) is 11.5 Å². The molecule has 0 spiro atoms. The van der Waals surface area contributed by atoms with Gasteiger partial charge in [-0.3, -0.25) is 4.90 Å². The molecule has 1 heterocycles. The van der Waals surface area contributed by atoms with Crippen molar-refractivity contribution in [2.75, 3.05) is 40.4 Å².